The molecule has 1 aromatic rings. The minimum absolute atomic E-state index is 0.631. The second kappa shape index (κ2) is 9.41. The topological polar surface area (TPSA) is 30.5 Å². The van der Waals surface area contributed by atoms with E-state index >= 15 is 0 Å². The molecule has 4 heteroatoms. The van der Waals surface area contributed by atoms with E-state index in [2.05, 4.69) is 34.2 Å². The molecule has 22 heavy (non-hydrogen) atoms. The molecule has 0 bridgehead atoms. The molecule has 0 unspecified atom stereocenters. The molecular weight excluding hydrogens is 342 g/mol. The van der Waals surface area contributed by atoms with Crippen LogP contribution in [-0.2, 0) is 6.54 Å². The quantitative estimate of drug-likeness (QED) is 0.681. The van der Waals surface area contributed by atoms with Crippen LogP contribution in [0.5, 0.6) is 11.5 Å². The van der Waals surface area contributed by atoms with Crippen LogP contribution in [0.1, 0.15) is 57.4 Å². The second-order valence-corrected chi connectivity index (χ2v) is 6.93. The maximum atomic E-state index is 5.94. The van der Waals surface area contributed by atoms with Gasteiger partial charge in [0.2, 0.25) is 0 Å². The molecule has 0 amide bonds. The van der Waals surface area contributed by atoms with Crippen LogP contribution < -0.4 is 14.8 Å². The van der Waals surface area contributed by atoms with Crippen molar-refractivity contribution in [1.82, 2.24) is 5.32 Å². The molecule has 0 aromatic heterocycles. The summed E-state index contributed by atoms with van der Waals surface area (Å²) in [5, 5.41) is 3.72. The minimum atomic E-state index is 0.631. The van der Waals surface area contributed by atoms with Crippen LogP contribution in [0.4, 0.5) is 0 Å². The highest BCUT2D eigenvalue weighted by Crippen LogP contribution is 2.35. The third-order valence-corrected chi connectivity index (χ3v) is 4.66. The number of methoxy groups -OCH3 is 1. The largest absolute Gasteiger partial charge is 0.493 e. The smallest absolute Gasteiger partial charge is 0.165 e. The fourth-order valence-corrected chi connectivity index (χ4v) is 3.50. The highest BCUT2D eigenvalue weighted by atomic mass is 79.9. The van der Waals surface area contributed by atoms with Crippen LogP contribution in [-0.4, -0.2) is 19.8 Å². The summed E-state index contributed by atoms with van der Waals surface area (Å²) in [7, 11) is 1.70. The van der Waals surface area contributed by atoms with Crippen molar-refractivity contribution in [3.05, 3.63) is 22.2 Å². The first-order chi connectivity index (χ1) is 10.7. The van der Waals surface area contributed by atoms with Gasteiger partial charge >= 0.3 is 0 Å². The van der Waals surface area contributed by atoms with Gasteiger partial charge in [0.15, 0.2) is 11.5 Å². The lowest BCUT2D eigenvalue weighted by atomic mass is 10.1. The van der Waals surface area contributed by atoms with Crippen molar-refractivity contribution in [2.75, 3.05) is 13.7 Å². The van der Waals surface area contributed by atoms with E-state index in [0.717, 1.165) is 28.9 Å². The zero-order chi connectivity index (χ0) is 15.8. The van der Waals surface area contributed by atoms with E-state index in [-0.39, 0.29) is 0 Å². The molecule has 0 saturated heterocycles. The lowest BCUT2D eigenvalue weighted by Crippen LogP contribution is -2.28. The number of ether oxygens (including phenoxy) is 2. The first-order valence-corrected chi connectivity index (χ1v) is 9.26. The molecule has 1 fully saturated rings. The third-order valence-electron chi connectivity index (χ3n) is 4.20. The minimum Gasteiger partial charge on any atom is -0.493 e. The van der Waals surface area contributed by atoms with E-state index < -0.39 is 0 Å². The standard InChI is InChI=1S/C18H28BrNO2/c1-3-10-22-18-14(11-15(19)12-17(18)21-2)13-20-16-8-6-4-5-7-9-16/h11-12,16,20H,3-10,13H2,1-2H3. The van der Waals surface area contributed by atoms with E-state index in [1.54, 1.807) is 7.11 Å². The van der Waals surface area contributed by atoms with Gasteiger partial charge < -0.3 is 14.8 Å². The van der Waals surface area contributed by atoms with Gasteiger partial charge in [0.1, 0.15) is 0 Å². The van der Waals surface area contributed by atoms with Crippen molar-refractivity contribution in [1.29, 1.82) is 0 Å². The Bertz CT molecular complexity index is 457. The first-order valence-electron chi connectivity index (χ1n) is 8.47. The Hall–Kier alpha value is -0.740. The van der Waals surface area contributed by atoms with Crippen molar-refractivity contribution >= 4 is 15.9 Å². The number of hydrogen-bond acceptors (Lipinski definition) is 3. The van der Waals surface area contributed by atoms with Crippen LogP contribution in [0, 0.1) is 0 Å². The Kier molecular flexibility index (Phi) is 7.53. The number of rotatable bonds is 7. The van der Waals surface area contributed by atoms with Crippen LogP contribution in [0.15, 0.2) is 16.6 Å². The summed E-state index contributed by atoms with van der Waals surface area (Å²) in [5.74, 6) is 1.69. The van der Waals surface area contributed by atoms with E-state index in [1.165, 1.54) is 44.1 Å². The van der Waals surface area contributed by atoms with Crippen LogP contribution >= 0.6 is 15.9 Å². The lowest BCUT2D eigenvalue weighted by Gasteiger charge is -2.19. The number of halogens is 1. The second-order valence-electron chi connectivity index (χ2n) is 6.01. The molecule has 124 valence electrons. The molecule has 1 aliphatic rings. The van der Waals surface area contributed by atoms with Gasteiger partial charge in [-0.3, -0.25) is 0 Å². The average molecular weight is 370 g/mol. The summed E-state index contributed by atoms with van der Waals surface area (Å²) in [5.41, 5.74) is 1.17. The molecule has 0 radical (unpaired) electrons. The van der Waals surface area contributed by atoms with Gasteiger partial charge in [-0.25, -0.2) is 0 Å². The summed E-state index contributed by atoms with van der Waals surface area (Å²) >= 11 is 3.57. The molecule has 1 aromatic carbocycles. The van der Waals surface area contributed by atoms with Crippen molar-refractivity contribution in [3.8, 4) is 11.5 Å². The summed E-state index contributed by atoms with van der Waals surface area (Å²) in [6, 6.07) is 4.74. The molecule has 0 heterocycles. The van der Waals surface area contributed by atoms with E-state index in [0.29, 0.717) is 12.6 Å². The molecule has 0 aliphatic heterocycles. The van der Waals surface area contributed by atoms with E-state index in [1.807, 2.05) is 6.07 Å². The van der Waals surface area contributed by atoms with Gasteiger partial charge in [-0.05, 0) is 31.4 Å². The number of hydrogen-bond donors (Lipinski definition) is 1. The monoisotopic (exact) mass is 369 g/mol. The maximum absolute atomic E-state index is 5.94. The molecule has 3 nitrogen and oxygen atoms in total. The predicted molar refractivity (Wildman–Crippen MR) is 94.8 cm³/mol. The molecule has 1 N–H and O–H groups in total. The van der Waals surface area contributed by atoms with Crippen molar-refractivity contribution in [2.24, 2.45) is 0 Å². The highest BCUT2D eigenvalue weighted by molar-refractivity contribution is 9.10. The van der Waals surface area contributed by atoms with Gasteiger partial charge in [0.25, 0.3) is 0 Å². The van der Waals surface area contributed by atoms with Crippen LogP contribution in [0.25, 0.3) is 0 Å². The summed E-state index contributed by atoms with van der Waals surface area (Å²) in [6.45, 7) is 3.67. The number of benzene rings is 1. The fourth-order valence-electron chi connectivity index (χ4n) is 3.01. The fraction of sp³-hybridized carbons (Fsp3) is 0.667. The van der Waals surface area contributed by atoms with Crippen molar-refractivity contribution in [3.63, 3.8) is 0 Å². The third kappa shape index (κ3) is 5.17. The van der Waals surface area contributed by atoms with E-state index in [9.17, 15) is 0 Å². The average Bonchev–Trinajstić information content (AvgIpc) is 2.80. The van der Waals surface area contributed by atoms with Crippen molar-refractivity contribution < 1.29 is 9.47 Å². The SMILES string of the molecule is CCCOc1c(CNC2CCCCCC2)cc(Br)cc1OC. The highest BCUT2D eigenvalue weighted by Gasteiger charge is 2.16. The first kappa shape index (κ1) is 17.6. The number of nitrogens with one attached hydrogen (secondary N) is 1. The Morgan fingerprint density at radius 3 is 2.55 bits per heavy atom. The predicted octanol–water partition coefficient (Wildman–Crippen LogP) is 5.06. The van der Waals surface area contributed by atoms with Gasteiger partial charge in [0.05, 0.1) is 13.7 Å². The molecule has 0 spiro atoms. The van der Waals surface area contributed by atoms with Crippen LogP contribution in [0.2, 0.25) is 0 Å². The zero-order valence-corrected chi connectivity index (χ0v) is 15.4. The summed E-state index contributed by atoms with van der Waals surface area (Å²) < 4.78 is 12.5. The molecule has 1 aliphatic carbocycles. The van der Waals surface area contributed by atoms with Crippen molar-refractivity contribution in [2.45, 2.75) is 64.5 Å². The Labute approximate surface area is 142 Å². The lowest BCUT2D eigenvalue weighted by molar-refractivity contribution is 0.289. The Morgan fingerprint density at radius 1 is 1.18 bits per heavy atom. The molecule has 0 atom stereocenters. The Morgan fingerprint density at radius 2 is 1.91 bits per heavy atom. The molecule has 1 saturated carbocycles. The van der Waals surface area contributed by atoms with Gasteiger partial charge in [0, 0.05) is 22.6 Å². The summed E-state index contributed by atoms with van der Waals surface area (Å²) in [6.07, 6.45) is 9.03. The maximum Gasteiger partial charge on any atom is 0.165 e. The zero-order valence-electron chi connectivity index (χ0n) is 13.8. The summed E-state index contributed by atoms with van der Waals surface area (Å²) in [4.78, 5) is 0. The van der Waals surface area contributed by atoms with Gasteiger partial charge in [-0.2, -0.15) is 0 Å². The molecular formula is C18H28BrNO2. The van der Waals surface area contributed by atoms with Gasteiger partial charge in [-0.1, -0.05) is 48.5 Å². The van der Waals surface area contributed by atoms with E-state index in [4.69, 9.17) is 9.47 Å². The normalized spacial score (nSPS) is 16.3. The molecule has 2 rings (SSSR count). The van der Waals surface area contributed by atoms with Gasteiger partial charge in [-0.15, -0.1) is 0 Å². The Balaban J connectivity index is 2.08. The van der Waals surface area contributed by atoms with Crippen LogP contribution in [0.3, 0.4) is 0 Å².